The van der Waals surface area contributed by atoms with Crippen LogP contribution in [0.5, 0.6) is 0 Å². The summed E-state index contributed by atoms with van der Waals surface area (Å²) in [6, 6.07) is 2.30. The highest BCUT2D eigenvalue weighted by atomic mass is 15.2. The number of rotatable bonds is 8. The van der Waals surface area contributed by atoms with E-state index < -0.39 is 0 Å². The Hall–Kier alpha value is -0.120. The van der Waals surface area contributed by atoms with Crippen LogP contribution in [0.25, 0.3) is 0 Å². The zero-order valence-corrected chi connectivity index (χ0v) is 13.2. The fourth-order valence-corrected chi connectivity index (χ4v) is 3.89. The van der Waals surface area contributed by atoms with Crippen molar-refractivity contribution < 1.29 is 0 Å². The van der Waals surface area contributed by atoms with Crippen LogP contribution in [-0.4, -0.2) is 60.6 Å². The Bertz CT molecular complexity index is 252. The van der Waals surface area contributed by atoms with Crippen LogP contribution in [0, 0.1) is 0 Å². The Morgan fingerprint density at radius 3 is 2.74 bits per heavy atom. The van der Waals surface area contributed by atoms with Crippen molar-refractivity contribution >= 4 is 0 Å². The van der Waals surface area contributed by atoms with Gasteiger partial charge in [0.25, 0.3) is 0 Å². The van der Waals surface area contributed by atoms with E-state index in [-0.39, 0.29) is 0 Å². The molecule has 0 aromatic carbocycles. The van der Waals surface area contributed by atoms with Crippen LogP contribution in [0.1, 0.15) is 52.9 Å². The van der Waals surface area contributed by atoms with Crippen LogP contribution in [0.15, 0.2) is 0 Å². The molecule has 2 aliphatic heterocycles. The number of fused-ring (bicyclic) bond motifs is 1. The number of nitrogens with one attached hydrogen (secondary N) is 1. The lowest BCUT2D eigenvalue weighted by atomic mass is 10.0. The molecule has 2 saturated heterocycles. The maximum Gasteiger partial charge on any atom is 0.0250 e. The van der Waals surface area contributed by atoms with Crippen LogP contribution in [-0.2, 0) is 0 Å². The molecule has 1 N–H and O–H groups in total. The molecule has 0 aromatic rings. The first-order valence-corrected chi connectivity index (χ1v) is 8.47. The van der Waals surface area contributed by atoms with Gasteiger partial charge in [-0.2, -0.15) is 0 Å². The topological polar surface area (TPSA) is 18.5 Å². The Morgan fingerprint density at radius 2 is 2.00 bits per heavy atom. The average molecular weight is 267 g/mol. The van der Waals surface area contributed by atoms with Crippen molar-refractivity contribution in [3.05, 3.63) is 0 Å². The van der Waals surface area contributed by atoms with E-state index in [2.05, 4.69) is 35.9 Å². The summed E-state index contributed by atoms with van der Waals surface area (Å²) >= 11 is 0. The van der Waals surface area contributed by atoms with E-state index in [9.17, 15) is 0 Å². The summed E-state index contributed by atoms with van der Waals surface area (Å²) in [6.07, 6.45) is 6.85. The van der Waals surface area contributed by atoms with Crippen molar-refractivity contribution in [2.24, 2.45) is 0 Å². The number of hydrogen-bond acceptors (Lipinski definition) is 3. The molecule has 3 atom stereocenters. The molecule has 0 amide bonds. The lowest BCUT2D eigenvalue weighted by molar-refractivity contribution is 0.273. The molecule has 3 heteroatoms. The lowest BCUT2D eigenvalue weighted by Crippen LogP contribution is -2.43. The molecule has 2 heterocycles. The van der Waals surface area contributed by atoms with Gasteiger partial charge in [-0.15, -0.1) is 0 Å². The molecule has 2 aliphatic rings. The van der Waals surface area contributed by atoms with Gasteiger partial charge >= 0.3 is 0 Å². The summed E-state index contributed by atoms with van der Waals surface area (Å²) in [4.78, 5) is 5.22. The largest absolute Gasteiger partial charge is 0.310 e. The van der Waals surface area contributed by atoms with Crippen molar-refractivity contribution in [1.29, 1.82) is 0 Å². The molecule has 3 unspecified atom stereocenters. The van der Waals surface area contributed by atoms with E-state index in [1.165, 1.54) is 64.8 Å². The van der Waals surface area contributed by atoms with Gasteiger partial charge in [0.15, 0.2) is 0 Å². The molecule has 0 radical (unpaired) electrons. The molecule has 0 aromatic heterocycles. The van der Waals surface area contributed by atoms with Crippen molar-refractivity contribution in [2.75, 3.05) is 32.7 Å². The van der Waals surface area contributed by atoms with Crippen LogP contribution < -0.4 is 5.32 Å². The normalized spacial score (nSPS) is 29.1. The van der Waals surface area contributed by atoms with Gasteiger partial charge in [-0.05, 0) is 65.2 Å². The SMILES string of the molecule is CCN(CC)CCCC(C)NC1CCN2CCCC12. The summed E-state index contributed by atoms with van der Waals surface area (Å²) < 4.78 is 0. The van der Waals surface area contributed by atoms with Crippen LogP contribution in [0.2, 0.25) is 0 Å². The molecule has 0 aliphatic carbocycles. The summed E-state index contributed by atoms with van der Waals surface area (Å²) in [6.45, 7) is 13.2. The maximum absolute atomic E-state index is 3.90. The standard InChI is InChI=1S/C16H33N3/c1-4-18(5-2)11-6-8-14(3)17-15-10-13-19-12-7-9-16(15)19/h14-17H,4-13H2,1-3H3. The number of nitrogens with zero attached hydrogens (tertiary/aromatic N) is 2. The molecular weight excluding hydrogens is 234 g/mol. The summed E-state index contributed by atoms with van der Waals surface area (Å²) in [5.74, 6) is 0. The van der Waals surface area contributed by atoms with E-state index in [1.807, 2.05) is 0 Å². The predicted molar refractivity (Wildman–Crippen MR) is 82.6 cm³/mol. The van der Waals surface area contributed by atoms with Crippen molar-refractivity contribution in [3.63, 3.8) is 0 Å². The van der Waals surface area contributed by atoms with Gasteiger partial charge in [-0.25, -0.2) is 0 Å². The molecular formula is C16H33N3. The first-order chi connectivity index (χ1) is 9.24. The highest BCUT2D eigenvalue weighted by Crippen LogP contribution is 2.28. The molecule has 2 rings (SSSR count). The highest BCUT2D eigenvalue weighted by molar-refractivity contribution is 4.96. The highest BCUT2D eigenvalue weighted by Gasteiger charge is 2.37. The zero-order valence-electron chi connectivity index (χ0n) is 13.2. The van der Waals surface area contributed by atoms with Crippen LogP contribution >= 0.6 is 0 Å². The molecule has 0 saturated carbocycles. The van der Waals surface area contributed by atoms with Crippen LogP contribution in [0.4, 0.5) is 0 Å². The molecule has 19 heavy (non-hydrogen) atoms. The number of hydrogen-bond donors (Lipinski definition) is 1. The molecule has 0 spiro atoms. The Balaban J connectivity index is 1.63. The minimum Gasteiger partial charge on any atom is -0.310 e. The third-order valence-electron chi connectivity index (χ3n) is 5.11. The van der Waals surface area contributed by atoms with Crippen molar-refractivity contribution in [1.82, 2.24) is 15.1 Å². The minimum absolute atomic E-state index is 0.682. The monoisotopic (exact) mass is 267 g/mol. The Kier molecular flexibility index (Phi) is 6.11. The first kappa shape index (κ1) is 15.3. The fraction of sp³-hybridized carbons (Fsp3) is 1.00. The maximum atomic E-state index is 3.90. The van der Waals surface area contributed by atoms with Crippen LogP contribution in [0.3, 0.4) is 0 Å². The molecule has 0 bridgehead atoms. The van der Waals surface area contributed by atoms with E-state index in [4.69, 9.17) is 0 Å². The van der Waals surface area contributed by atoms with Gasteiger partial charge in [0.05, 0.1) is 0 Å². The van der Waals surface area contributed by atoms with Gasteiger partial charge in [0, 0.05) is 24.7 Å². The lowest BCUT2D eigenvalue weighted by Gasteiger charge is -2.26. The Morgan fingerprint density at radius 1 is 1.21 bits per heavy atom. The molecule has 3 nitrogen and oxygen atoms in total. The second-order valence-electron chi connectivity index (χ2n) is 6.38. The van der Waals surface area contributed by atoms with E-state index in [0.29, 0.717) is 6.04 Å². The fourth-order valence-electron chi connectivity index (χ4n) is 3.89. The third-order valence-corrected chi connectivity index (χ3v) is 5.11. The van der Waals surface area contributed by atoms with Gasteiger partial charge < -0.3 is 10.2 Å². The summed E-state index contributed by atoms with van der Waals surface area (Å²) in [7, 11) is 0. The summed E-state index contributed by atoms with van der Waals surface area (Å²) in [5, 5.41) is 3.90. The van der Waals surface area contributed by atoms with Gasteiger partial charge in [-0.3, -0.25) is 4.90 Å². The second kappa shape index (κ2) is 7.61. The van der Waals surface area contributed by atoms with E-state index in [1.54, 1.807) is 0 Å². The van der Waals surface area contributed by atoms with E-state index in [0.717, 1.165) is 12.1 Å². The van der Waals surface area contributed by atoms with Crippen molar-refractivity contribution in [2.45, 2.75) is 71.0 Å². The van der Waals surface area contributed by atoms with Gasteiger partial charge in [-0.1, -0.05) is 13.8 Å². The van der Waals surface area contributed by atoms with E-state index >= 15 is 0 Å². The second-order valence-corrected chi connectivity index (χ2v) is 6.38. The third kappa shape index (κ3) is 4.17. The predicted octanol–water partition coefficient (Wildman–Crippen LogP) is 2.32. The van der Waals surface area contributed by atoms with Gasteiger partial charge in [0.1, 0.15) is 0 Å². The zero-order chi connectivity index (χ0) is 13.7. The minimum atomic E-state index is 0.682. The smallest absolute Gasteiger partial charge is 0.0250 e. The first-order valence-electron chi connectivity index (χ1n) is 8.47. The van der Waals surface area contributed by atoms with Crippen molar-refractivity contribution in [3.8, 4) is 0 Å². The Labute approximate surface area is 119 Å². The molecule has 112 valence electrons. The molecule has 2 fully saturated rings. The average Bonchev–Trinajstić information content (AvgIpc) is 3.00. The van der Waals surface area contributed by atoms with Gasteiger partial charge in [0.2, 0.25) is 0 Å². The summed E-state index contributed by atoms with van der Waals surface area (Å²) in [5.41, 5.74) is 0. The quantitative estimate of drug-likeness (QED) is 0.728.